The maximum atomic E-state index is 11.7. The van der Waals surface area contributed by atoms with Gasteiger partial charge >= 0.3 is 5.97 Å². The molecule has 0 aliphatic rings. The summed E-state index contributed by atoms with van der Waals surface area (Å²) in [4.78, 5) is 16.3. The van der Waals surface area contributed by atoms with Crippen molar-refractivity contribution in [1.29, 1.82) is 0 Å². The van der Waals surface area contributed by atoms with Crippen LogP contribution in [0.5, 0.6) is 11.6 Å². The number of aromatic nitrogens is 1. The molecular weight excluding hydrogens is 488 g/mol. The number of nitrogens with one attached hydrogen (secondary N) is 1. The lowest BCUT2D eigenvalue weighted by molar-refractivity contribution is -0.149. The number of benzene rings is 2. The van der Waals surface area contributed by atoms with Crippen molar-refractivity contribution in [3.05, 3.63) is 82.5 Å². The minimum Gasteiger partial charge on any atom is -0.507 e. The summed E-state index contributed by atoms with van der Waals surface area (Å²) in [5, 5.41) is 23.0. The van der Waals surface area contributed by atoms with Gasteiger partial charge in [-0.25, -0.2) is 4.98 Å². The van der Waals surface area contributed by atoms with Gasteiger partial charge in [0.1, 0.15) is 5.75 Å². The van der Waals surface area contributed by atoms with E-state index >= 15 is 0 Å². The summed E-state index contributed by atoms with van der Waals surface area (Å²) in [6.07, 6.45) is 8.68. The molecule has 1 heterocycles. The Labute approximate surface area is 232 Å². The number of hydrogen-bond donors (Lipinski definition) is 3. The van der Waals surface area contributed by atoms with Gasteiger partial charge < -0.3 is 20.3 Å². The molecule has 3 rings (SSSR count). The van der Waals surface area contributed by atoms with E-state index in [1.165, 1.54) is 5.56 Å². The number of pyridine rings is 1. The summed E-state index contributed by atoms with van der Waals surface area (Å²) in [6.45, 7) is 8.96. The van der Waals surface area contributed by atoms with Crippen LogP contribution in [0.3, 0.4) is 0 Å². The largest absolute Gasteiger partial charge is 0.507 e. The van der Waals surface area contributed by atoms with Gasteiger partial charge in [0.05, 0.1) is 17.7 Å². The van der Waals surface area contributed by atoms with Crippen LogP contribution >= 0.6 is 0 Å². The maximum absolute atomic E-state index is 11.7. The van der Waals surface area contributed by atoms with E-state index in [2.05, 4.69) is 22.4 Å². The Morgan fingerprint density at radius 3 is 2.41 bits per heavy atom. The van der Waals surface area contributed by atoms with E-state index in [0.717, 1.165) is 47.3 Å². The molecule has 6 nitrogen and oxygen atoms in total. The molecule has 0 amide bonds. The fourth-order valence-electron chi connectivity index (χ4n) is 4.79. The quantitative estimate of drug-likeness (QED) is 0.175. The summed E-state index contributed by atoms with van der Waals surface area (Å²) in [5.74, 6) is 0.274. The van der Waals surface area contributed by atoms with Crippen LogP contribution in [0.2, 0.25) is 0 Å². The van der Waals surface area contributed by atoms with E-state index in [1.54, 1.807) is 0 Å². The van der Waals surface area contributed by atoms with E-state index in [1.807, 2.05) is 82.3 Å². The van der Waals surface area contributed by atoms with Crippen molar-refractivity contribution in [2.45, 2.75) is 66.2 Å². The van der Waals surface area contributed by atoms with Crippen LogP contribution in [-0.2, 0) is 11.2 Å². The first-order valence-corrected chi connectivity index (χ1v) is 13.9. The number of phenols is 1. The molecule has 0 spiro atoms. The lowest BCUT2D eigenvalue weighted by atomic mass is 9.79. The van der Waals surface area contributed by atoms with Gasteiger partial charge in [-0.2, -0.15) is 0 Å². The number of carboxylic acid groups (broad SMARTS) is 1. The highest BCUT2D eigenvalue weighted by molar-refractivity contribution is 5.74. The van der Waals surface area contributed by atoms with Crippen molar-refractivity contribution in [2.24, 2.45) is 5.41 Å². The third-order valence-electron chi connectivity index (χ3n) is 7.48. The molecule has 0 radical (unpaired) electrons. The highest BCUT2D eigenvalue weighted by Gasteiger charge is 2.34. The number of nitrogens with zero attached hydrogens (tertiary/aromatic N) is 1. The molecule has 0 fully saturated rings. The SMILES string of the molecule is CCC(CC)(CCNc1cccc(C=Cc2cccc(OCCCCc3cc(C)c(O)c(C)c3)n2)c1)C(=O)O. The summed E-state index contributed by atoms with van der Waals surface area (Å²) in [5.41, 5.74) is 5.22. The van der Waals surface area contributed by atoms with Crippen molar-refractivity contribution in [3.8, 4) is 11.6 Å². The normalized spacial score (nSPS) is 11.6. The van der Waals surface area contributed by atoms with Crippen molar-refractivity contribution < 1.29 is 19.7 Å². The standard InChI is InChI=1S/C33H42N2O4/c1-5-33(6-2,32(37)38)18-19-34-29-14-9-12-26(23-29)16-17-28-13-10-15-30(35-28)39-20-8-7-11-27-21-24(3)31(36)25(4)22-27/h9-10,12-17,21-23,34,36H,5-8,11,18-20H2,1-4H3,(H,37,38). The van der Waals surface area contributed by atoms with Crippen molar-refractivity contribution >= 4 is 23.8 Å². The van der Waals surface area contributed by atoms with Crippen molar-refractivity contribution in [3.63, 3.8) is 0 Å². The molecule has 0 saturated carbocycles. The summed E-state index contributed by atoms with van der Waals surface area (Å²) < 4.78 is 5.89. The molecule has 3 N–H and O–H groups in total. The first-order valence-electron chi connectivity index (χ1n) is 13.9. The Morgan fingerprint density at radius 1 is 1.00 bits per heavy atom. The van der Waals surface area contributed by atoms with Crippen LogP contribution in [0, 0.1) is 19.3 Å². The van der Waals surface area contributed by atoms with Gasteiger partial charge in [-0.1, -0.05) is 50.3 Å². The Hall–Kier alpha value is -3.80. The molecule has 0 unspecified atom stereocenters. The first-order chi connectivity index (χ1) is 18.8. The second-order valence-corrected chi connectivity index (χ2v) is 10.2. The molecule has 39 heavy (non-hydrogen) atoms. The molecule has 3 aromatic rings. The highest BCUT2D eigenvalue weighted by Crippen LogP contribution is 2.31. The third kappa shape index (κ3) is 8.60. The monoisotopic (exact) mass is 530 g/mol. The molecule has 0 aliphatic heterocycles. The van der Waals surface area contributed by atoms with E-state index in [0.29, 0.717) is 44.0 Å². The smallest absolute Gasteiger partial charge is 0.309 e. The van der Waals surface area contributed by atoms with Crippen LogP contribution < -0.4 is 10.1 Å². The van der Waals surface area contributed by atoms with E-state index < -0.39 is 11.4 Å². The van der Waals surface area contributed by atoms with Crippen LogP contribution in [0.1, 0.15) is 73.9 Å². The van der Waals surface area contributed by atoms with Crippen molar-refractivity contribution in [1.82, 2.24) is 4.98 Å². The Balaban J connectivity index is 1.48. The second-order valence-electron chi connectivity index (χ2n) is 10.2. The van der Waals surface area contributed by atoms with Gasteiger partial charge in [0.2, 0.25) is 5.88 Å². The Bertz CT molecular complexity index is 1240. The molecule has 208 valence electrons. The molecular formula is C33H42N2O4. The van der Waals surface area contributed by atoms with Crippen LogP contribution in [0.25, 0.3) is 12.2 Å². The number of rotatable bonds is 15. The van der Waals surface area contributed by atoms with Gasteiger partial charge in [-0.3, -0.25) is 4.79 Å². The molecule has 1 aromatic heterocycles. The number of aryl methyl sites for hydroxylation is 3. The first kappa shape index (κ1) is 29.8. The van der Waals surface area contributed by atoms with Crippen molar-refractivity contribution in [2.75, 3.05) is 18.5 Å². The van der Waals surface area contributed by atoms with Gasteiger partial charge in [0, 0.05) is 18.3 Å². The average Bonchev–Trinajstić information content (AvgIpc) is 2.93. The number of phenolic OH excluding ortho intramolecular Hbond substituents is 1. The minimum atomic E-state index is -0.719. The number of carboxylic acids is 1. The van der Waals surface area contributed by atoms with Crippen LogP contribution in [-0.4, -0.2) is 34.3 Å². The van der Waals surface area contributed by atoms with Gasteiger partial charge in [-0.15, -0.1) is 0 Å². The number of aromatic hydroxyl groups is 1. The van der Waals surface area contributed by atoms with E-state index in [-0.39, 0.29) is 0 Å². The number of hydrogen-bond acceptors (Lipinski definition) is 5. The lowest BCUT2D eigenvalue weighted by Gasteiger charge is -2.26. The second kappa shape index (κ2) is 14.4. The van der Waals surface area contributed by atoms with Gasteiger partial charge in [0.25, 0.3) is 0 Å². The summed E-state index contributed by atoms with van der Waals surface area (Å²) >= 11 is 0. The van der Waals surface area contributed by atoms with E-state index in [9.17, 15) is 15.0 Å². The minimum absolute atomic E-state index is 0.384. The average molecular weight is 531 g/mol. The molecule has 6 heteroatoms. The number of aliphatic carboxylic acids is 1. The van der Waals surface area contributed by atoms with Crippen LogP contribution in [0.4, 0.5) is 5.69 Å². The van der Waals surface area contributed by atoms with E-state index in [4.69, 9.17) is 4.74 Å². The molecule has 0 saturated heterocycles. The molecule has 0 bridgehead atoms. The number of unbranched alkanes of at least 4 members (excludes halogenated alkanes) is 1. The van der Waals surface area contributed by atoms with Gasteiger partial charge in [-0.05, 0) is 98.9 Å². The zero-order valence-electron chi connectivity index (χ0n) is 23.7. The zero-order chi connectivity index (χ0) is 28.3. The summed E-state index contributed by atoms with van der Waals surface area (Å²) in [7, 11) is 0. The van der Waals surface area contributed by atoms with Crippen LogP contribution in [0.15, 0.2) is 54.6 Å². The summed E-state index contributed by atoms with van der Waals surface area (Å²) in [6, 6.07) is 17.9. The third-order valence-corrected chi connectivity index (χ3v) is 7.48. The zero-order valence-corrected chi connectivity index (χ0v) is 23.7. The number of anilines is 1. The fraction of sp³-hybridized carbons (Fsp3) is 0.394. The molecule has 0 aliphatic carbocycles. The lowest BCUT2D eigenvalue weighted by Crippen LogP contribution is -2.31. The number of carbonyl (C=O) groups is 1. The molecule has 0 atom stereocenters. The predicted molar refractivity (Wildman–Crippen MR) is 159 cm³/mol. The van der Waals surface area contributed by atoms with Gasteiger partial charge in [0.15, 0.2) is 0 Å². The Kier molecular flexibility index (Phi) is 11.0. The topological polar surface area (TPSA) is 91.7 Å². The maximum Gasteiger partial charge on any atom is 0.309 e. The highest BCUT2D eigenvalue weighted by atomic mass is 16.5. The predicted octanol–water partition coefficient (Wildman–Crippen LogP) is 7.67. The molecule has 2 aromatic carbocycles. The fourth-order valence-corrected chi connectivity index (χ4v) is 4.79. The Morgan fingerprint density at radius 2 is 1.72 bits per heavy atom. The number of ether oxygens (including phenoxy) is 1.